The number of amides is 2. The number of rotatable bonds is 2. The van der Waals surface area contributed by atoms with Gasteiger partial charge < -0.3 is 19.3 Å². The number of nitrogens with zero attached hydrogens (tertiary/aromatic N) is 2. The maximum absolute atomic E-state index is 12.4. The Morgan fingerprint density at radius 2 is 2.05 bits per heavy atom. The van der Waals surface area contributed by atoms with Gasteiger partial charge in [0.1, 0.15) is 0 Å². The molecule has 1 aliphatic carbocycles. The smallest absolute Gasteiger partial charge is 0.254 e. The zero-order valence-electron chi connectivity index (χ0n) is 11.5. The van der Waals surface area contributed by atoms with Gasteiger partial charge in [0.2, 0.25) is 5.91 Å². The molecule has 20 heavy (non-hydrogen) atoms. The van der Waals surface area contributed by atoms with Crippen LogP contribution in [-0.4, -0.2) is 72.7 Å². The summed E-state index contributed by atoms with van der Waals surface area (Å²) >= 11 is 0. The quantitative estimate of drug-likeness (QED) is 0.657. The minimum atomic E-state index is -0.485. The first-order valence-electron chi connectivity index (χ1n) is 7.08. The molecule has 0 aromatic rings. The van der Waals surface area contributed by atoms with Gasteiger partial charge in [-0.15, -0.1) is 0 Å². The van der Waals surface area contributed by atoms with Crippen molar-refractivity contribution in [2.24, 2.45) is 0 Å². The van der Waals surface area contributed by atoms with Crippen LogP contribution in [0.2, 0.25) is 0 Å². The maximum Gasteiger partial charge on any atom is 0.254 e. The molecule has 1 saturated carbocycles. The summed E-state index contributed by atoms with van der Waals surface area (Å²) in [6.45, 7) is 6.63. The lowest BCUT2D eigenvalue weighted by atomic mass is 10.1. The Kier molecular flexibility index (Phi) is 3.52. The summed E-state index contributed by atoms with van der Waals surface area (Å²) in [6.07, 6.45) is 2.79. The first-order valence-corrected chi connectivity index (χ1v) is 7.08. The number of carbonyl (C=O) groups excluding carboxylic acids is 2. The van der Waals surface area contributed by atoms with Crippen LogP contribution in [0.15, 0.2) is 12.7 Å². The van der Waals surface area contributed by atoms with Gasteiger partial charge in [0.25, 0.3) is 5.91 Å². The lowest BCUT2D eigenvalue weighted by Crippen LogP contribution is -2.60. The highest BCUT2D eigenvalue weighted by Gasteiger charge is 2.53. The second-order valence-electron chi connectivity index (χ2n) is 5.61. The summed E-state index contributed by atoms with van der Waals surface area (Å²) in [4.78, 5) is 28.0. The fourth-order valence-corrected chi connectivity index (χ4v) is 3.03. The number of piperazine rings is 1. The Balaban J connectivity index is 1.65. The van der Waals surface area contributed by atoms with Gasteiger partial charge in [0.05, 0.1) is 25.4 Å². The van der Waals surface area contributed by atoms with Crippen LogP contribution in [0.3, 0.4) is 0 Å². The molecule has 3 rings (SSSR count). The first kappa shape index (κ1) is 13.6. The SMILES string of the molecule is C=CC(=O)N1CCN(C(=O)[C@@H]2COCCO2)CC12CC2. The fourth-order valence-electron chi connectivity index (χ4n) is 3.03. The lowest BCUT2D eigenvalue weighted by molar-refractivity contribution is -0.162. The summed E-state index contributed by atoms with van der Waals surface area (Å²) < 4.78 is 10.8. The average Bonchev–Trinajstić information content (AvgIpc) is 3.26. The number of ether oxygens (including phenoxy) is 2. The number of hydrogen-bond acceptors (Lipinski definition) is 4. The van der Waals surface area contributed by atoms with Crippen molar-refractivity contribution in [2.45, 2.75) is 24.5 Å². The predicted octanol–water partition coefficient (Wildman–Crippen LogP) is -0.209. The van der Waals surface area contributed by atoms with E-state index in [0.29, 0.717) is 39.5 Å². The van der Waals surface area contributed by atoms with Gasteiger partial charge in [-0.3, -0.25) is 9.59 Å². The molecule has 3 aliphatic rings. The van der Waals surface area contributed by atoms with E-state index in [9.17, 15) is 9.59 Å². The summed E-state index contributed by atoms with van der Waals surface area (Å²) in [5, 5.41) is 0. The van der Waals surface area contributed by atoms with Crippen molar-refractivity contribution in [3.05, 3.63) is 12.7 Å². The molecular formula is C14H20N2O4. The molecule has 6 heteroatoms. The van der Waals surface area contributed by atoms with Crippen LogP contribution in [-0.2, 0) is 19.1 Å². The normalized spacial score (nSPS) is 28.3. The van der Waals surface area contributed by atoms with E-state index in [2.05, 4.69) is 6.58 Å². The van der Waals surface area contributed by atoms with Crippen molar-refractivity contribution in [2.75, 3.05) is 39.5 Å². The third-order valence-corrected chi connectivity index (χ3v) is 4.32. The molecule has 2 aliphatic heterocycles. The van der Waals surface area contributed by atoms with E-state index < -0.39 is 6.10 Å². The monoisotopic (exact) mass is 280 g/mol. The van der Waals surface area contributed by atoms with Gasteiger partial charge >= 0.3 is 0 Å². The van der Waals surface area contributed by atoms with Gasteiger partial charge in [-0.05, 0) is 18.9 Å². The third kappa shape index (κ3) is 2.33. The van der Waals surface area contributed by atoms with E-state index in [1.54, 1.807) is 0 Å². The van der Waals surface area contributed by atoms with E-state index in [0.717, 1.165) is 12.8 Å². The van der Waals surface area contributed by atoms with Crippen LogP contribution < -0.4 is 0 Å². The first-order chi connectivity index (χ1) is 9.66. The minimum Gasteiger partial charge on any atom is -0.376 e. The maximum atomic E-state index is 12.4. The van der Waals surface area contributed by atoms with Crippen LogP contribution in [0.1, 0.15) is 12.8 Å². The molecule has 6 nitrogen and oxygen atoms in total. The van der Waals surface area contributed by atoms with Crippen molar-refractivity contribution in [1.82, 2.24) is 9.80 Å². The predicted molar refractivity (Wildman–Crippen MR) is 71.0 cm³/mol. The van der Waals surface area contributed by atoms with Crippen molar-refractivity contribution in [1.29, 1.82) is 0 Å². The van der Waals surface area contributed by atoms with Crippen molar-refractivity contribution in [3.63, 3.8) is 0 Å². The van der Waals surface area contributed by atoms with Gasteiger partial charge in [-0.25, -0.2) is 0 Å². The molecule has 0 unspecified atom stereocenters. The molecule has 2 heterocycles. The average molecular weight is 280 g/mol. The topological polar surface area (TPSA) is 59.1 Å². The summed E-state index contributed by atoms with van der Waals surface area (Å²) in [7, 11) is 0. The van der Waals surface area contributed by atoms with E-state index in [-0.39, 0.29) is 17.4 Å². The van der Waals surface area contributed by atoms with Crippen LogP contribution in [0.25, 0.3) is 0 Å². The second kappa shape index (κ2) is 5.18. The van der Waals surface area contributed by atoms with E-state index in [4.69, 9.17) is 9.47 Å². The summed E-state index contributed by atoms with van der Waals surface area (Å²) in [5.41, 5.74) is -0.158. The largest absolute Gasteiger partial charge is 0.376 e. The Hall–Kier alpha value is -1.40. The molecule has 0 radical (unpaired) electrons. The zero-order valence-corrected chi connectivity index (χ0v) is 11.5. The van der Waals surface area contributed by atoms with Gasteiger partial charge in [-0.2, -0.15) is 0 Å². The standard InChI is InChI=1S/C14H20N2O4/c1-2-12(17)16-6-5-15(10-14(16)3-4-14)13(18)11-9-19-7-8-20-11/h2,11H,1,3-10H2/t11-/m0/s1. The molecule has 0 aromatic carbocycles. The van der Waals surface area contributed by atoms with Crippen molar-refractivity contribution in [3.8, 4) is 0 Å². The summed E-state index contributed by atoms with van der Waals surface area (Å²) in [5.74, 6) is -0.0477. The van der Waals surface area contributed by atoms with E-state index in [1.165, 1.54) is 6.08 Å². The Morgan fingerprint density at radius 1 is 1.25 bits per heavy atom. The highest BCUT2D eigenvalue weighted by molar-refractivity contribution is 5.88. The van der Waals surface area contributed by atoms with Gasteiger partial charge in [-0.1, -0.05) is 6.58 Å². The van der Waals surface area contributed by atoms with Crippen molar-refractivity contribution < 1.29 is 19.1 Å². The minimum absolute atomic E-state index is 0.0123. The summed E-state index contributed by atoms with van der Waals surface area (Å²) in [6, 6.07) is 0. The highest BCUT2D eigenvalue weighted by atomic mass is 16.6. The van der Waals surface area contributed by atoms with Crippen LogP contribution in [0.4, 0.5) is 0 Å². The Morgan fingerprint density at radius 3 is 2.65 bits per heavy atom. The number of carbonyl (C=O) groups is 2. The molecule has 3 fully saturated rings. The van der Waals surface area contributed by atoms with Crippen molar-refractivity contribution >= 4 is 11.8 Å². The molecule has 2 saturated heterocycles. The van der Waals surface area contributed by atoms with Gasteiger partial charge in [0.15, 0.2) is 6.10 Å². The molecule has 1 atom stereocenters. The highest BCUT2D eigenvalue weighted by Crippen LogP contribution is 2.44. The molecule has 0 aromatic heterocycles. The van der Waals surface area contributed by atoms with Crippen LogP contribution >= 0.6 is 0 Å². The molecular weight excluding hydrogens is 260 g/mol. The zero-order chi connectivity index (χ0) is 14.2. The molecule has 2 amide bonds. The van der Waals surface area contributed by atoms with E-state index in [1.807, 2.05) is 9.80 Å². The number of hydrogen-bond donors (Lipinski definition) is 0. The molecule has 110 valence electrons. The Labute approximate surface area is 118 Å². The molecule has 1 spiro atoms. The van der Waals surface area contributed by atoms with E-state index >= 15 is 0 Å². The molecule has 0 bridgehead atoms. The lowest BCUT2D eigenvalue weighted by Gasteiger charge is -2.42. The fraction of sp³-hybridized carbons (Fsp3) is 0.714. The van der Waals surface area contributed by atoms with Crippen LogP contribution in [0.5, 0.6) is 0 Å². The van der Waals surface area contributed by atoms with Gasteiger partial charge in [0, 0.05) is 19.6 Å². The molecule has 0 N–H and O–H groups in total. The van der Waals surface area contributed by atoms with Crippen LogP contribution in [0, 0.1) is 0 Å². The third-order valence-electron chi connectivity index (χ3n) is 4.32. The second-order valence-corrected chi connectivity index (χ2v) is 5.61. The Bertz CT molecular complexity index is 427.